The van der Waals surface area contributed by atoms with Gasteiger partial charge in [-0.15, -0.1) is 0 Å². The van der Waals surface area contributed by atoms with Gasteiger partial charge in [-0.2, -0.15) is 0 Å². The second-order valence-corrected chi connectivity index (χ2v) is 6.56. The Hall–Kier alpha value is -2.73. The molecule has 1 aliphatic rings. The summed E-state index contributed by atoms with van der Waals surface area (Å²) < 4.78 is 10.6. The number of carbonyl (C=O) groups is 1. The number of amides is 2. The highest BCUT2D eigenvalue weighted by molar-refractivity contribution is 5.74. The van der Waals surface area contributed by atoms with Crippen LogP contribution in [0.15, 0.2) is 48.5 Å². The predicted molar refractivity (Wildman–Crippen MR) is 106 cm³/mol. The van der Waals surface area contributed by atoms with Crippen molar-refractivity contribution in [3.8, 4) is 5.75 Å². The van der Waals surface area contributed by atoms with E-state index in [4.69, 9.17) is 9.47 Å². The highest BCUT2D eigenvalue weighted by Crippen LogP contribution is 2.28. The number of rotatable bonds is 6. The molecule has 0 atom stereocenters. The number of hydrogen-bond acceptors (Lipinski definition) is 4. The Bertz CT molecular complexity index is 758. The summed E-state index contributed by atoms with van der Waals surface area (Å²) in [5, 5.41) is 3.02. The summed E-state index contributed by atoms with van der Waals surface area (Å²) in [6, 6.07) is 16.1. The third-order valence-electron chi connectivity index (χ3n) is 4.74. The minimum atomic E-state index is -0.0215. The Morgan fingerprint density at radius 3 is 2.48 bits per heavy atom. The van der Waals surface area contributed by atoms with Crippen molar-refractivity contribution in [1.29, 1.82) is 0 Å². The fraction of sp³-hybridized carbons (Fsp3) is 0.381. The lowest BCUT2D eigenvalue weighted by molar-refractivity contribution is 0.185. The predicted octanol–water partition coefficient (Wildman–Crippen LogP) is 2.87. The summed E-state index contributed by atoms with van der Waals surface area (Å²) in [6.07, 6.45) is 0. The maximum atomic E-state index is 12.5. The summed E-state index contributed by atoms with van der Waals surface area (Å²) >= 11 is 0. The normalized spacial score (nSPS) is 14.1. The molecule has 27 heavy (non-hydrogen) atoms. The molecular weight excluding hydrogens is 342 g/mol. The molecule has 0 aliphatic carbocycles. The van der Waals surface area contributed by atoms with Crippen molar-refractivity contribution in [2.24, 2.45) is 0 Å². The van der Waals surface area contributed by atoms with Gasteiger partial charge in [-0.1, -0.05) is 36.4 Å². The van der Waals surface area contributed by atoms with E-state index in [1.54, 1.807) is 14.2 Å². The van der Waals surface area contributed by atoms with E-state index in [9.17, 15) is 4.79 Å². The van der Waals surface area contributed by atoms with Crippen molar-refractivity contribution >= 4 is 11.7 Å². The van der Waals surface area contributed by atoms with Gasteiger partial charge < -0.3 is 24.6 Å². The first-order valence-electron chi connectivity index (χ1n) is 9.18. The van der Waals surface area contributed by atoms with Crippen LogP contribution in [0.3, 0.4) is 0 Å². The van der Waals surface area contributed by atoms with E-state index in [1.165, 1.54) is 0 Å². The zero-order chi connectivity index (χ0) is 19.1. The smallest absolute Gasteiger partial charge is 0.317 e. The quantitative estimate of drug-likeness (QED) is 0.851. The Labute approximate surface area is 160 Å². The molecule has 2 amide bonds. The Morgan fingerprint density at radius 1 is 1.00 bits per heavy atom. The second-order valence-electron chi connectivity index (χ2n) is 6.56. The van der Waals surface area contributed by atoms with E-state index in [2.05, 4.69) is 22.3 Å². The first-order chi connectivity index (χ1) is 13.2. The average molecular weight is 369 g/mol. The molecule has 144 valence electrons. The summed E-state index contributed by atoms with van der Waals surface area (Å²) in [5.74, 6) is 0.867. The monoisotopic (exact) mass is 369 g/mol. The summed E-state index contributed by atoms with van der Waals surface area (Å²) in [7, 11) is 3.36. The van der Waals surface area contributed by atoms with Crippen molar-refractivity contribution in [2.45, 2.75) is 13.2 Å². The van der Waals surface area contributed by atoms with Gasteiger partial charge in [0, 0.05) is 39.8 Å². The molecule has 1 aliphatic heterocycles. The minimum Gasteiger partial charge on any atom is -0.495 e. The number of carbonyl (C=O) groups excluding carboxylic acids is 1. The first kappa shape index (κ1) is 19.0. The van der Waals surface area contributed by atoms with Gasteiger partial charge in [0.25, 0.3) is 0 Å². The molecule has 1 heterocycles. The van der Waals surface area contributed by atoms with Crippen LogP contribution in [0.1, 0.15) is 11.1 Å². The van der Waals surface area contributed by atoms with Crippen LogP contribution in [-0.2, 0) is 17.9 Å². The van der Waals surface area contributed by atoms with Crippen LogP contribution in [0.4, 0.5) is 10.5 Å². The fourth-order valence-electron chi connectivity index (χ4n) is 3.33. The number of nitrogens with one attached hydrogen (secondary N) is 1. The van der Waals surface area contributed by atoms with Crippen molar-refractivity contribution in [3.05, 3.63) is 59.7 Å². The molecule has 0 unspecified atom stereocenters. The molecule has 2 aromatic rings. The molecule has 0 bridgehead atoms. The number of anilines is 1. The largest absolute Gasteiger partial charge is 0.495 e. The minimum absolute atomic E-state index is 0.0215. The van der Waals surface area contributed by atoms with E-state index >= 15 is 0 Å². The van der Waals surface area contributed by atoms with Gasteiger partial charge in [0.15, 0.2) is 0 Å². The van der Waals surface area contributed by atoms with Crippen LogP contribution in [-0.4, -0.2) is 51.3 Å². The SMILES string of the molecule is COCc1cccc(CNC(=O)N2CCN(c3ccccc3OC)CC2)c1. The average Bonchev–Trinajstić information content (AvgIpc) is 2.72. The molecule has 2 aromatic carbocycles. The summed E-state index contributed by atoms with van der Waals surface area (Å²) in [4.78, 5) is 16.6. The van der Waals surface area contributed by atoms with Crippen molar-refractivity contribution < 1.29 is 14.3 Å². The van der Waals surface area contributed by atoms with Crippen LogP contribution >= 0.6 is 0 Å². The number of urea groups is 1. The number of ether oxygens (including phenoxy) is 2. The van der Waals surface area contributed by atoms with Crippen LogP contribution in [0.5, 0.6) is 5.75 Å². The number of benzene rings is 2. The molecule has 0 radical (unpaired) electrons. The molecule has 1 N–H and O–H groups in total. The van der Waals surface area contributed by atoms with Gasteiger partial charge in [0.1, 0.15) is 5.75 Å². The van der Waals surface area contributed by atoms with Gasteiger partial charge in [-0.3, -0.25) is 0 Å². The first-order valence-corrected chi connectivity index (χ1v) is 9.18. The van der Waals surface area contributed by atoms with E-state index in [0.29, 0.717) is 26.2 Å². The summed E-state index contributed by atoms with van der Waals surface area (Å²) in [6.45, 7) is 4.05. The number of piperazine rings is 1. The fourth-order valence-corrected chi connectivity index (χ4v) is 3.33. The highest BCUT2D eigenvalue weighted by Gasteiger charge is 2.22. The van der Waals surface area contributed by atoms with Gasteiger partial charge in [-0.05, 0) is 23.3 Å². The van der Waals surface area contributed by atoms with Gasteiger partial charge in [-0.25, -0.2) is 4.79 Å². The van der Waals surface area contributed by atoms with Crippen LogP contribution in [0, 0.1) is 0 Å². The lowest BCUT2D eigenvalue weighted by atomic mass is 10.1. The molecular formula is C21H27N3O3. The number of nitrogens with zero attached hydrogens (tertiary/aromatic N) is 2. The second kappa shape index (κ2) is 9.28. The third kappa shape index (κ3) is 4.92. The maximum absolute atomic E-state index is 12.5. The van der Waals surface area contributed by atoms with Gasteiger partial charge in [0.2, 0.25) is 0 Å². The molecule has 1 saturated heterocycles. The zero-order valence-electron chi connectivity index (χ0n) is 16.0. The van der Waals surface area contributed by atoms with Crippen LogP contribution < -0.4 is 15.0 Å². The molecule has 0 saturated carbocycles. The Balaban J connectivity index is 1.50. The standard InChI is InChI=1S/C21H27N3O3/c1-26-16-18-7-5-6-17(14-18)15-22-21(25)24-12-10-23(11-13-24)19-8-3-4-9-20(19)27-2/h3-9,14H,10-13,15-16H2,1-2H3,(H,22,25). The van der Waals surface area contributed by atoms with Gasteiger partial charge >= 0.3 is 6.03 Å². The maximum Gasteiger partial charge on any atom is 0.317 e. The van der Waals surface area contributed by atoms with Crippen molar-refractivity contribution in [3.63, 3.8) is 0 Å². The van der Waals surface area contributed by atoms with E-state index < -0.39 is 0 Å². The Kier molecular flexibility index (Phi) is 6.54. The van der Waals surface area contributed by atoms with E-state index in [-0.39, 0.29) is 6.03 Å². The van der Waals surface area contributed by atoms with Crippen molar-refractivity contribution in [2.75, 3.05) is 45.3 Å². The third-order valence-corrected chi connectivity index (χ3v) is 4.74. The molecule has 6 nitrogen and oxygen atoms in total. The molecule has 0 aromatic heterocycles. The molecule has 1 fully saturated rings. The lowest BCUT2D eigenvalue weighted by Crippen LogP contribution is -2.51. The number of para-hydroxylation sites is 2. The molecule has 6 heteroatoms. The van der Waals surface area contributed by atoms with Gasteiger partial charge in [0.05, 0.1) is 19.4 Å². The van der Waals surface area contributed by atoms with Crippen LogP contribution in [0.25, 0.3) is 0 Å². The zero-order valence-corrected chi connectivity index (χ0v) is 16.0. The number of methoxy groups -OCH3 is 2. The highest BCUT2D eigenvalue weighted by atomic mass is 16.5. The summed E-state index contributed by atoms with van der Waals surface area (Å²) in [5.41, 5.74) is 3.26. The topological polar surface area (TPSA) is 54.0 Å². The molecule has 3 rings (SSSR count). The molecule has 0 spiro atoms. The van der Waals surface area contributed by atoms with E-state index in [1.807, 2.05) is 41.3 Å². The number of hydrogen-bond donors (Lipinski definition) is 1. The van der Waals surface area contributed by atoms with Crippen LogP contribution in [0.2, 0.25) is 0 Å². The van der Waals surface area contributed by atoms with E-state index in [0.717, 1.165) is 35.7 Å². The van der Waals surface area contributed by atoms with Crippen molar-refractivity contribution in [1.82, 2.24) is 10.2 Å². The Morgan fingerprint density at radius 2 is 1.74 bits per heavy atom. The lowest BCUT2D eigenvalue weighted by Gasteiger charge is -2.36.